The molecule has 1 aliphatic carbocycles. The molecule has 84 valence electrons. The van der Waals surface area contributed by atoms with Gasteiger partial charge in [-0.3, -0.25) is 0 Å². The van der Waals surface area contributed by atoms with Gasteiger partial charge in [-0.25, -0.2) is 0 Å². The van der Waals surface area contributed by atoms with Crippen LogP contribution in [-0.4, -0.2) is 39.3 Å². The number of rotatable bonds is 6. The summed E-state index contributed by atoms with van der Waals surface area (Å²) in [5.74, 6) is 0. The van der Waals surface area contributed by atoms with E-state index in [1.165, 1.54) is 12.8 Å². The minimum Gasteiger partial charge on any atom is -0.374 e. The van der Waals surface area contributed by atoms with Gasteiger partial charge in [0, 0.05) is 19.8 Å². The minimum absolute atomic E-state index is 0.105. The van der Waals surface area contributed by atoms with Crippen LogP contribution in [-0.2, 0) is 14.2 Å². The van der Waals surface area contributed by atoms with E-state index in [0.29, 0.717) is 13.2 Å². The molecule has 4 heteroatoms. The third kappa shape index (κ3) is 3.53. The van der Waals surface area contributed by atoms with Gasteiger partial charge < -0.3 is 19.9 Å². The van der Waals surface area contributed by atoms with Crippen LogP contribution in [0, 0.1) is 0 Å². The molecule has 0 radical (unpaired) electrons. The van der Waals surface area contributed by atoms with Gasteiger partial charge in [0.2, 0.25) is 0 Å². The van der Waals surface area contributed by atoms with Gasteiger partial charge >= 0.3 is 0 Å². The Morgan fingerprint density at radius 3 is 2.29 bits per heavy atom. The van der Waals surface area contributed by atoms with E-state index in [-0.39, 0.29) is 11.8 Å². The van der Waals surface area contributed by atoms with E-state index in [1.807, 2.05) is 0 Å². The Morgan fingerprint density at radius 1 is 1.21 bits per heavy atom. The second-order valence-corrected chi connectivity index (χ2v) is 3.99. The van der Waals surface area contributed by atoms with Crippen molar-refractivity contribution < 1.29 is 14.2 Å². The molecule has 0 aromatic carbocycles. The molecule has 0 aromatic rings. The predicted molar refractivity (Wildman–Crippen MR) is 54.0 cm³/mol. The molecule has 0 spiro atoms. The van der Waals surface area contributed by atoms with Crippen LogP contribution in [0.5, 0.6) is 0 Å². The van der Waals surface area contributed by atoms with E-state index in [4.69, 9.17) is 19.9 Å². The Morgan fingerprint density at radius 2 is 1.79 bits per heavy atom. The van der Waals surface area contributed by atoms with Gasteiger partial charge in [0.25, 0.3) is 0 Å². The number of hydrogen-bond acceptors (Lipinski definition) is 4. The van der Waals surface area contributed by atoms with E-state index < -0.39 is 0 Å². The number of ether oxygens (including phenoxy) is 3. The lowest BCUT2D eigenvalue weighted by atomic mass is 10.0. The highest BCUT2D eigenvalue weighted by Gasteiger charge is 2.29. The van der Waals surface area contributed by atoms with Gasteiger partial charge in [0.15, 0.2) is 6.29 Å². The summed E-state index contributed by atoms with van der Waals surface area (Å²) in [7, 11) is 3.20. The average molecular weight is 203 g/mol. The van der Waals surface area contributed by atoms with Crippen molar-refractivity contribution in [2.75, 3.05) is 27.4 Å². The Bertz CT molecular complexity index is 153. The minimum atomic E-state index is -0.278. The fourth-order valence-corrected chi connectivity index (χ4v) is 1.81. The van der Waals surface area contributed by atoms with Gasteiger partial charge in [-0.05, 0) is 12.8 Å². The van der Waals surface area contributed by atoms with Crippen molar-refractivity contribution in [3.8, 4) is 0 Å². The zero-order valence-corrected chi connectivity index (χ0v) is 9.12. The Labute approximate surface area is 85.7 Å². The van der Waals surface area contributed by atoms with Crippen molar-refractivity contribution in [1.29, 1.82) is 0 Å². The Kier molecular flexibility index (Phi) is 4.81. The molecule has 1 saturated carbocycles. The van der Waals surface area contributed by atoms with Gasteiger partial charge in [0.05, 0.1) is 13.2 Å². The summed E-state index contributed by atoms with van der Waals surface area (Å²) in [4.78, 5) is 0. The highest BCUT2D eigenvalue weighted by atomic mass is 16.7. The maximum Gasteiger partial charge on any atom is 0.180 e. The molecule has 0 heterocycles. The first kappa shape index (κ1) is 11.9. The van der Waals surface area contributed by atoms with Crippen LogP contribution in [0.2, 0.25) is 0 Å². The molecule has 0 aromatic heterocycles. The third-order valence-electron chi connectivity index (χ3n) is 2.77. The van der Waals surface area contributed by atoms with Crippen molar-refractivity contribution in [2.24, 2.45) is 5.73 Å². The first-order valence-corrected chi connectivity index (χ1v) is 5.12. The van der Waals surface area contributed by atoms with Crippen LogP contribution in [0.1, 0.15) is 25.7 Å². The van der Waals surface area contributed by atoms with Crippen LogP contribution in [0.15, 0.2) is 0 Å². The largest absolute Gasteiger partial charge is 0.374 e. The molecule has 14 heavy (non-hydrogen) atoms. The van der Waals surface area contributed by atoms with Crippen molar-refractivity contribution in [1.82, 2.24) is 0 Å². The Hall–Kier alpha value is -0.160. The predicted octanol–water partition coefficient (Wildman–Crippen LogP) is 0.893. The molecular formula is C10H21NO3. The number of hydrogen-bond donors (Lipinski definition) is 1. The molecule has 0 bridgehead atoms. The van der Waals surface area contributed by atoms with Crippen molar-refractivity contribution in [3.63, 3.8) is 0 Å². The van der Waals surface area contributed by atoms with Gasteiger partial charge in [-0.15, -0.1) is 0 Å². The summed E-state index contributed by atoms with van der Waals surface area (Å²) >= 11 is 0. The maximum absolute atomic E-state index is 6.12. The van der Waals surface area contributed by atoms with E-state index in [9.17, 15) is 0 Å². The lowest BCUT2D eigenvalue weighted by Gasteiger charge is -2.24. The van der Waals surface area contributed by atoms with E-state index in [0.717, 1.165) is 12.8 Å². The van der Waals surface area contributed by atoms with E-state index in [1.54, 1.807) is 14.2 Å². The molecule has 1 fully saturated rings. The molecule has 4 nitrogen and oxygen atoms in total. The monoisotopic (exact) mass is 203 g/mol. The van der Waals surface area contributed by atoms with Gasteiger partial charge in [0.1, 0.15) is 0 Å². The molecule has 1 aliphatic rings. The van der Waals surface area contributed by atoms with Crippen molar-refractivity contribution in [2.45, 2.75) is 37.5 Å². The first-order valence-electron chi connectivity index (χ1n) is 5.12. The fraction of sp³-hybridized carbons (Fsp3) is 1.00. The molecule has 0 amide bonds. The number of methoxy groups -OCH3 is 2. The average Bonchev–Trinajstić information content (AvgIpc) is 2.60. The van der Waals surface area contributed by atoms with Crippen LogP contribution < -0.4 is 5.73 Å². The van der Waals surface area contributed by atoms with Crippen LogP contribution in [0.25, 0.3) is 0 Å². The summed E-state index contributed by atoms with van der Waals surface area (Å²) in [6.07, 6.45) is 4.30. The molecule has 2 N–H and O–H groups in total. The highest BCUT2D eigenvalue weighted by Crippen LogP contribution is 2.27. The van der Waals surface area contributed by atoms with Crippen LogP contribution >= 0.6 is 0 Å². The second kappa shape index (κ2) is 5.66. The summed E-state index contributed by atoms with van der Waals surface area (Å²) in [6, 6.07) is 0. The molecular weight excluding hydrogens is 182 g/mol. The lowest BCUT2D eigenvalue weighted by molar-refractivity contribution is -0.143. The smallest absolute Gasteiger partial charge is 0.180 e. The normalized spacial score (nSPS) is 20.6. The first-order chi connectivity index (χ1) is 6.70. The second-order valence-electron chi connectivity index (χ2n) is 3.99. The highest BCUT2D eigenvalue weighted by molar-refractivity contribution is 4.88. The molecule has 0 aliphatic heterocycles. The van der Waals surface area contributed by atoms with E-state index in [2.05, 4.69) is 0 Å². The zero-order valence-electron chi connectivity index (χ0n) is 9.12. The van der Waals surface area contributed by atoms with Crippen molar-refractivity contribution >= 4 is 0 Å². The van der Waals surface area contributed by atoms with Crippen molar-refractivity contribution in [3.05, 3.63) is 0 Å². The topological polar surface area (TPSA) is 53.7 Å². The summed E-state index contributed by atoms with van der Waals surface area (Å²) in [5.41, 5.74) is 6.02. The molecule has 0 unspecified atom stereocenters. The molecule has 0 atom stereocenters. The summed E-state index contributed by atoms with van der Waals surface area (Å²) in [6.45, 7) is 1.06. The summed E-state index contributed by atoms with van der Waals surface area (Å²) < 4.78 is 15.5. The van der Waals surface area contributed by atoms with Gasteiger partial charge in [-0.1, -0.05) is 12.8 Å². The quantitative estimate of drug-likeness (QED) is 0.651. The van der Waals surface area contributed by atoms with Crippen LogP contribution in [0.3, 0.4) is 0 Å². The van der Waals surface area contributed by atoms with Crippen LogP contribution in [0.4, 0.5) is 0 Å². The van der Waals surface area contributed by atoms with E-state index >= 15 is 0 Å². The maximum atomic E-state index is 6.12. The fourth-order valence-electron chi connectivity index (χ4n) is 1.81. The Balaban J connectivity index is 2.13. The van der Waals surface area contributed by atoms with Gasteiger partial charge in [-0.2, -0.15) is 0 Å². The third-order valence-corrected chi connectivity index (χ3v) is 2.77. The molecule has 1 rings (SSSR count). The summed E-state index contributed by atoms with van der Waals surface area (Å²) in [5, 5.41) is 0. The molecule has 0 saturated heterocycles. The SMILES string of the molecule is COC(COCC1(N)CCCC1)OC. The zero-order chi connectivity index (χ0) is 10.4. The lowest BCUT2D eigenvalue weighted by Crippen LogP contribution is -2.42. The number of nitrogens with two attached hydrogens (primary N) is 1. The standard InChI is InChI=1S/C10H21NO3/c1-12-9(13-2)7-14-8-10(11)5-3-4-6-10/h9H,3-8,11H2,1-2H3.